The summed E-state index contributed by atoms with van der Waals surface area (Å²) in [5.41, 5.74) is 0.443. The Morgan fingerprint density at radius 3 is 2.70 bits per heavy atom. The first kappa shape index (κ1) is 21.2. The molecule has 1 saturated heterocycles. The van der Waals surface area contributed by atoms with Crippen LogP contribution < -0.4 is 10.6 Å². The van der Waals surface area contributed by atoms with Crippen molar-refractivity contribution in [3.8, 4) is 0 Å². The summed E-state index contributed by atoms with van der Waals surface area (Å²) in [6.07, 6.45) is 0.729. The van der Waals surface area contributed by atoms with Crippen molar-refractivity contribution in [2.75, 3.05) is 18.4 Å². The van der Waals surface area contributed by atoms with Gasteiger partial charge >= 0.3 is 12.2 Å². The van der Waals surface area contributed by atoms with Gasteiger partial charge in [-0.3, -0.25) is 14.9 Å². The molecular formula is C21H20F3N7O2. The predicted molar refractivity (Wildman–Crippen MR) is 111 cm³/mol. The Morgan fingerprint density at radius 1 is 1.21 bits per heavy atom. The van der Waals surface area contributed by atoms with Gasteiger partial charge in [0.2, 0.25) is 0 Å². The predicted octanol–water partition coefficient (Wildman–Crippen LogP) is 3.11. The molecule has 2 aliphatic rings. The number of urea groups is 1. The number of fused-ring (bicyclic) bond motifs is 1. The van der Waals surface area contributed by atoms with Gasteiger partial charge in [0.05, 0.1) is 34.1 Å². The Morgan fingerprint density at radius 2 is 1.97 bits per heavy atom. The normalized spacial score (nSPS) is 17.5. The summed E-state index contributed by atoms with van der Waals surface area (Å²) < 4.78 is 38.7. The molecule has 3 amide bonds. The molecule has 3 aromatic heterocycles. The number of H-pyrrole nitrogens is 1. The second-order valence-corrected chi connectivity index (χ2v) is 8.71. The zero-order valence-corrected chi connectivity index (χ0v) is 17.5. The molecule has 1 aliphatic carbocycles. The summed E-state index contributed by atoms with van der Waals surface area (Å²) in [5.74, 6) is -0.0869. The van der Waals surface area contributed by atoms with Crippen molar-refractivity contribution in [2.24, 2.45) is 5.41 Å². The van der Waals surface area contributed by atoms with Gasteiger partial charge in [0.25, 0.3) is 5.91 Å². The minimum atomic E-state index is -4.54. The number of likely N-dealkylation sites (tertiary alicyclic amines) is 1. The van der Waals surface area contributed by atoms with Crippen molar-refractivity contribution >= 4 is 28.7 Å². The van der Waals surface area contributed by atoms with Crippen LogP contribution in [0.1, 0.15) is 34.5 Å². The van der Waals surface area contributed by atoms with E-state index in [0.29, 0.717) is 48.2 Å². The molecule has 12 heteroatoms. The summed E-state index contributed by atoms with van der Waals surface area (Å²) in [4.78, 5) is 34.8. The van der Waals surface area contributed by atoms with E-state index in [1.165, 1.54) is 6.92 Å². The van der Waals surface area contributed by atoms with Gasteiger partial charge in [-0.05, 0) is 31.9 Å². The average Bonchev–Trinajstić information content (AvgIpc) is 3.18. The second-order valence-electron chi connectivity index (χ2n) is 8.71. The van der Waals surface area contributed by atoms with Crippen molar-refractivity contribution in [1.29, 1.82) is 0 Å². The van der Waals surface area contributed by atoms with Crippen molar-refractivity contribution in [3.05, 3.63) is 47.5 Å². The molecule has 5 rings (SSSR count). The number of aromatic amines is 1. The van der Waals surface area contributed by atoms with E-state index >= 15 is 0 Å². The van der Waals surface area contributed by atoms with Gasteiger partial charge in [0, 0.05) is 36.9 Å². The number of nitrogens with zero attached hydrogens (tertiary/aromatic N) is 4. The Hall–Kier alpha value is -3.70. The molecule has 1 saturated carbocycles. The van der Waals surface area contributed by atoms with Crippen LogP contribution in [-0.4, -0.2) is 56.1 Å². The van der Waals surface area contributed by atoms with Crippen LogP contribution >= 0.6 is 0 Å². The Balaban J connectivity index is 1.14. The van der Waals surface area contributed by atoms with E-state index in [1.54, 1.807) is 23.4 Å². The average molecular weight is 459 g/mol. The standard InChI is InChI=1S/C21H20F3N7O2/c1-11-16(4-12(7-26-11)21(22,23)24)29-19(33)28-13-5-20(6-13)9-31(10-20)18(32)14-2-3-25-17-15(14)8-27-30-17/h2-4,7-8,13H,5-6,9-10H2,1H3,(H,25,27,30)(H2,28,29,33). The summed E-state index contributed by atoms with van der Waals surface area (Å²) in [6, 6.07) is 1.86. The van der Waals surface area contributed by atoms with E-state index in [9.17, 15) is 22.8 Å². The summed E-state index contributed by atoms with van der Waals surface area (Å²) in [7, 11) is 0. The second kappa shape index (κ2) is 7.42. The summed E-state index contributed by atoms with van der Waals surface area (Å²) >= 11 is 0. The molecule has 33 heavy (non-hydrogen) atoms. The minimum absolute atomic E-state index is 0.0136. The smallest absolute Gasteiger partial charge is 0.337 e. The number of aromatic nitrogens is 4. The maximum Gasteiger partial charge on any atom is 0.417 e. The molecule has 2 fully saturated rings. The van der Waals surface area contributed by atoms with Crippen LogP contribution in [0.15, 0.2) is 30.7 Å². The van der Waals surface area contributed by atoms with Crippen molar-refractivity contribution in [3.63, 3.8) is 0 Å². The van der Waals surface area contributed by atoms with Gasteiger partial charge in [-0.1, -0.05) is 0 Å². The molecule has 9 nitrogen and oxygen atoms in total. The molecule has 0 bridgehead atoms. The maximum absolute atomic E-state index is 12.9. The number of carbonyl (C=O) groups is 2. The highest BCUT2D eigenvalue weighted by Gasteiger charge is 2.54. The largest absolute Gasteiger partial charge is 0.417 e. The molecular weight excluding hydrogens is 439 g/mol. The molecule has 1 spiro atoms. The van der Waals surface area contributed by atoms with Crippen LogP contribution in [0.4, 0.5) is 23.7 Å². The Kier molecular flexibility index (Phi) is 4.76. The minimum Gasteiger partial charge on any atom is -0.337 e. The van der Waals surface area contributed by atoms with Gasteiger partial charge in [-0.15, -0.1) is 0 Å². The molecule has 3 aromatic rings. The van der Waals surface area contributed by atoms with E-state index in [0.717, 1.165) is 12.3 Å². The fraction of sp³-hybridized carbons (Fsp3) is 0.381. The lowest BCUT2D eigenvalue weighted by molar-refractivity contribution is -0.137. The first-order valence-electron chi connectivity index (χ1n) is 10.3. The maximum atomic E-state index is 12.9. The number of carbonyl (C=O) groups excluding carboxylic acids is 2. The van der Waals surface area contributed by atoms with Crippen molar-refractivity contribution < 1.29 is 22.8 Å². The van der Waals surface area contributed by atoms with E-state index in [4.69, 9.17) is 0 Å². The lowest BCUT2D eigenvalue weighted by Gasteiger charge is -2.59. The molecule has 1 aliphatic heterocycles. The number of hydrogen-bond donors (Lipinski definition) is 3. The molecule has 172 valence electrons. The highest BCUT2D eigenvalue weighted by molar-refractivity contribution is 6.05. The highest BCUT2D eigenvalue weighted by Crippen LogP contribution is 2.48. The Labute approximate surface area is 185 Å². The van der Waals surface area contributed by atoms with E-state index in [-0.39, 0.29) is 23.1 Å². The number of amides is 3. The number of aryl methyl sites for hydroxylation is 1. The van der Waals surface area contributed by atoms with E-state index in [1.807, 2.05) is 0 Å². The monoisotopic (exact) mass is 459 g/mol. The Bertz CT molecular complexity index is 1240. The van der Waals surface area contributed by atoms with Crippen LogP contribution in [0.5, 0.6) is 0 Å². The number of nitrogens with one attached hydrogen (secondary N) is 3. The van der Waals surface area contributed by atoms with Gasteiger partial charge in [-0.25, -0.2) is 9.78 Å². The molecule has 0 aromatic carbocycles. The summed E-state index contributed by atoms with van der Waals surface area (Å²) in [6.45, 7) is 2.70. The molecule has 4 heterocycles. The number of hydrogen-bond acceptors (Lipinski definition) is 5. The zero-order valence-electron chi connectivity index (χ0n) is 17.5. The third kappa shape index (κ3) is 3.85. The number of rotatable bonds is 3. The molecule has 0 unspecified atom stereocenters. The SMILES string of the molecule is Cc1ncc(C(F)(F)F)cc1NC(=O)NC1CC2(C1)CN(C(=O)c1ccnc3[nH]ncc13)C2. The number of anilines is 1. The van der Waals surface area contributed by atoms with E-state index < -0.39 is 17.8 Å². The highest BCUT2D eigenvalue weighted by atomic mass is 19.4. The number of pyridine rings is 2. The van der Waals surface area contributed by atoms with Gasteiger partial charge in [0.1, 0.15) is 0 Å². The van der Waals surface area contributed by atoms with Crippen LogP contribution in [0.2, 0.25) is 0 Å². The first-order valence-corrected chi connectivity index (χ1v) is 10.3. The van der Waals surface area contributed by atoms with Crippen molar-refractivity contribution in [2.45, 2.75) is 32.0 Å². The van der Waals surface area contributed by atoms with Gasteiger partial charge < -0.3 is 15.5 Å². The van der Waals surface area contributed by atoms with Crippen molar-refractivity contribution in [1.82, 2.24) is 30.4 Å². The molecule has 3 N–H and O–H groups in total. The summed E-state index contributed by atoms with van der Waals surface area (Å²) in [5, 5.41) is 12.6. The number of halogens is 3. The van der Waals surface area contributed by atoms with Crippen LogP contribution in [0.25, 0.3) is 11.0 Å². The first-order chi connectivity index (χ1) is 15.6. The van der Waals surface area contributed by atoms with Gasteiger partial charge in [0.15, 0.2) is 5.65 Å². The topological polar surface area (TPSA) is 116 Å². The van der Waals surface area contributed by atoms with Crippen LogP contribution in [-0.2, 0) is 6.18 Å². The molecule has 0 radical (unpaired) electrons. The van der Waals surface area contributed by atoms with E-state index in [2.05, 4.69) is 30.8 Å². The lowest BCUT2D eigenvalue weighted by atomic mass is 9.60. The van der Waals surface area contributed by atoms with Gasteiger partial charge in [-0.2, -0.15) is 18.3 Å². The fourth-order valence-corrected chi connectivity index (χ4v) is 4.62. The quantitative estimate of drug-likeness (QED) is 0.557. The molecule has 0 atom stereocenters. The fourth-order valence-electron chi connectivity index (χ4n) is 4.62. The zero-order chi connectivity index (χ0) is 23.4. The number of alkyl halides is 3. The van der Waals surface area contributed by atoms with Crippen LogP contribution in [0, 0.1) is 12.3 Å². The third-order valence-corrected chi connectivity index (χ3v) is 6.28. The van der Waals surface area contributed by atoms with Crippen LogP contribution in [0.3, 0.4) is 0 Å². The third-order valence-electron chi connectivity index (χ3n) is 6.28. The lowest BCUT2D eigenvalue weighted by Crippen LogP contribution is -2.67.